The van der Waals surface area contributed by atoms with Crippen LogP contribution in [-0.2, 0) is 34.2 Å². The summed E-state index contributed by atoms with van der Waals surface area (Å²) in [6, 6.07) is 13.8. The molecule has 6 N–H and O–H groups in total. The van der Waals surface area contributed by atoms with E-state index in [1.807, 2.05) is 54.0 Å². The summed E-state index contributed by atoms with van der Waals surface area (Å²) in [5.74, 6) is -2.42. The van der Waals surface area contributed by atoms with Crippen molar-refractivity contribution >= 4 is 32.8 Å². The first-order valence-electron chi connectivity index (χ1n) is 14.6. The SMILES string of the molecule is CCCCS(=O)(=O)NC(CNC(=O)c1cn(CCc2ccccc2)c2cc(CCNC3NCCN3)ccc2c1=O)C(=O)O. The van der Waals surface area contributed by atoms with E-state index in [-0.39, 0.29) is 17.6 Å². The molecule has 0 aliphatic carbocycles. The van der Waals surface area contributed by atoms with Crippen LogP contribution in [0.4, 0.5) is 0 Å². The monoisotopic (exact) mass is 612 g/mol. The molecule has 1 unspecified atom stereocenters. The van der Waals surface area contributed by atoms with Crippen LogP contribution >= 0.6 is 0 Å². The number of carbonyl (C=O) groups is 2. The van der Waals surface area contributed by atoms with E-state index in [9.17, 15) is 27.9 Å². The number of hydrogen-bond donors (Lipinski definition) is 6. The topological polar surface area (TPSA) is 171 Å². The smallest absolute Gasteiger partial charge is 0.323 e. The van der Waals surface area contributed by atoms with Crippen molar-refractivity contribution in [3.63, 3.8) is 0 Å². The molecular weight excluding hydrogens is 572 g/mol. The molecule has 2 heterocycles. The van der Waals surface area contributed by atoms with E-state index >= 15 is 0 Å². The number of rotatable bonds is 16. The first-order valence-corrected chi connectivity index (χ1v) is 16.2. The lowest BCUT2D eigenvalue weighted by Crippen LogP contribution is -2.49. The van der Waals surface area contributed by atoms with Gasteiger partial charge in [-0.25, -0.2) is 8.42 Å². The summed E-state index contributed by atoms with van der Waals surface area (Å²) in [5.41, 5.74) is 2.19. The van der Waals surface area contributed by atoms with Gasteiger partial charge < -0.3 is 15.0 Å². The number of unbranched alkanes of at least 4 members (excludes halogenated alkanes) is 1. The molecule has 0 bridgehead atoms. The lowest BCUT2D eigenvalue weighted by atomic mass is 10.0. The minimum Gasteiger partial charge on any atom is -0.480 e. The van der Waals surface area contributed by atoms with Crippen molar-refractivity contribution in [3.8, 4) is 0 Å². The fourth-order valence-electron chi connectivity index (χ4n) is 4.92. The van der Waals surface area contributed by atoms with Gasteiger partial charge in [0.25, 0.3) is 5.91 Å². The third kappa shape index (κ3) is 9.18. The number of hydrogen-bond acceptors (Lipinski definition) is 8. The number of fused-ring (bicyclic) bond motifs is 1. The minimum atomic E-state index is -3.85. The predicted octanol–water partition coefficient (Wildman–Crippen LogP) is 0.755. The summed E-state index contributed by atoms with van der Waals surface area (Å²) < 4.78 is 28.5. The number of nitrogens with zero attached hydrogens (tertiary/aromatic N) is 1. The molecule has 3 aromatic rings. The van der Waals surface area contributed by atoms with Gasteiger partial charge in [0, 0.05) is 44.3 Å². The van der Waals surface area contributed by atoms with Crippen LogP contribution in [0.25, 0.3) is 10.9 Å². The highest BCUT2D eigenvalue weighted by molar-refractivity contribution is 7.89. The van der Waals surface area contributed by atoms with E-state index < -0.39 is 39.9 Å². The molecule has 1 aliphatic rings. The van der Waals surface area contributed by atoms with Crippen molar-refractivity contribution in [2.45, 2.75) is 51.5 Å². The number of pyridine rings is 1. The second-order valence-corrected chi connectivity index (χ2v) is 12.5. The number of sulfonamides is 1. The van der Waals surface area contributed by atoms with Gasteiger partial charge in [-0.3, -0.25) is 30.3 Å². The summed E-state index contributed by atoms with van der Waals surface area (Å²) >= 11 is 0. The first-order chi connectivity index (χ1) is 20.7. The van der Waals surface area contributed by atoms with Crippen molar-refractivity contribution in [2.24, 2.45) is 0 Å². The number of aryl methyl sites for hydroxylation is 2. The zero-order chi connectivity index (χ0) is 30.8. The standard InChI is InChI=1S/C30H40N6O6S/c1-2-3-17-43(41,42)35-25(29(39)40)19-34-28(38)24-20-36(16-12-21-7-5-4-6-8-21)26-18-22(9-10-23(26)27(24)37)11-13-31-30-32-14-15-33-30/h4-10,18,20,25,30-33,35H,2-3,11-17,19H2,1H3,(H,34,38)(H,39,40). The molecule has 1 amide bonds. The lowest BCUT2D eigenvalue weighted by Gasteiger charge is -2.17. The Kier molecular flexibility index (Phi) is 11.4. The number of nitrogens with one attached hydrogen (secondary N) is 5. The largest absolute Gasteiger partial charge is 0.480 e. The molecule has 1 saturated heterocycles. The van der Waals surface area contributed by atoms with Crippen LogP contribution < -0.4 is 31.4 Å². The molecule has 1 atom stereocenters. The first kappa shape index (κ1) is 32.3. The van der Waals surface area contributed by atoms with Crippen LogP contribution in [0.5, 0.6) is 0 Å². The Labute approximate surface area is 251 Å². The Balaban J connectivity index is 1.56. The zero-order valence-corrected chi connectivity index (χ0v) is 25.1. The zero-order valence-electron chi connectivity index (χ0n) is 24.3. The highest BCUT2D eigenvalue weighted by Gasteiger charge is 2.25. The predicted molar refractivity (Wildman–Crippen MR) is 165 cm³/mol. The van der Waals surface area contributed by atoms with Crippen LogP contribution in [0.2, 0.25) is 0 Å². The molecule has 0 radical (unpaired) electrons. The van der Waals surface area contributed by atoms with E-state index in [1.165, 1.54) is 6.20 Å². The Hall–Kier alpha value is -3.62. The molecule has 0 spiro atoms. The van der Waals surface area contributed by atoms with E-state index in [0.717, 1.165) is 37.2 Å². The second kappa shape index (κ2) is 15.2. The van der Waals surface area contributed by atoms with Crippen LogP contribution in [0.15, 0.2) is 59.5 Å². The average Bonchev–Trinajstić information content (AvgIpc) is 3.52. The second-order valence-electron chi connectivity index (χ2n) is 10.6. The maximum atomic E-state index is 13.5. The molecule has 1 aliphatic heterocycles. The Morgan fingerprint density at radius 3 is 2.51 bits per heavy atom. The Morgan fingerprint density at radius 2 is 1.81 bits per heavy atom. The number of benzene rings is 2. The van der Waals surface area contributed by atoms with E-state index in [4.69, 9.17) is 0 Å². The summed E-state index contributed by atoms with van der Waals surface area (Å²) in [4.78, 5) is 38.5. The van der Waals surface area contributed by atoms with Crippen molar-refractivity contribution < 1.29 is 23.1 Å². The van der Waals surface area contributed by atoms with Crippen LogP contribution in [0.1, 0.15) is 41.3 Å². The van der Waals surface area contributed by atoms with E-state index in [0.29, 0.717) is 36.7 Å². The number of aromatic nitrogens is 1. The Morgan fingerprint density at radius 1 is 1.07 bits per heavy atom. The third-order valence-corrected chi connectivity index (χ3v) is 8.78. The number of carbonyl (C=O) groups excluding carboxylic acids is 1. The van der Waals surface area contributed by atoms with Gasteiger partial charge in [-0.05, 0) is 42.5 Å². The summed E-state index contributed by atoms with van der Waals surface area (Å²) in [6.45, 7) is 4.33. The summed E-state index contributed by atoms with van der Waals surface area (Å²) in [5, 5.41) is 22.4. The van der Waals surface area contributed by atoms with Crippen LogP contribution in [0.3, 0.4) is 0 Å². The van der Waals surface area contributed by atoms with Crippen LogP contribution in [0, 0.1) is 0 Å². The number of carboxylic acids is 1. The van der Waals surface area contributed by atoms with Gasteiger partial charge in [0.05, 0.1) is 11.3 Å². The molecule has 13 heteroatoms. The minimum absolute atomic E-state index is 0.0675. The quantitative estimate of drug-likeness (QED) is 0.137. The molecular formula is C30H40N6O6S. The van der Waals surface area contributed by atoms with Gasteiger partial charge in [0.1, 0.15) is 17.9 Å². The van der Waals surface area contributed by atoms with Gasteiger partial charge in [0.15, 0.2) is 0 Å². The average molecular weight is 613 g/mol. The number of aliphatic carboxylic acids is 1. The molecule has 2 aromatic carbocycles. The van der Waals surface area contributed by atoms with Crippen molar-refractivity contribution in [1.82, 2.24) is 30.6 Å². The fourth-order valence-corrected chi connectivity index (χ4v) is 6.33. The van der Waals surface area contributed by atoms with Gasteiger partial charge >= 0.3 is 5.97 Å². The maximum absolute atomic E-state index is 13.5. The van der Waals surface area contributed by atoms with Gasteiger partial charge in [-0.15, -0.1) is 0 Å². The molecule has 1 aromatic heterocycles. The maximum Gasteiger partial charge on any atom is 0.323 e. The van der Waals surface area contributed by atoms with Crippen LogP contribution in [-0.4, -0.2) is 74.2 Å². The van der Waals surface area contributed by atoms with Gasteiger partial charge in [0.2, 0.25) is 15.5 Å². The molecule has 0 saturated carbocycles. The van der Waals surface area contributed by atoms with Crippen molar-refractivity contribution in [3.05, 3.63) is 81.6 Å². The third-order valence-electron chi connectivity index (χ3n) is 7.31. The van der Waals surface area contributed by atoms with E-state index in [1.54, 1.807) is 6.07 Å². The van der Waals surface area contributed by atoms with Gasteiger partial charge in [-0.1, -0.05) is 49.7 Å². The summed E-state index contributed by atoms with van der Waals surface area (Å²) in [6.07, 6.45) is 3.96. The Bertz CT molecular complexity index is 1570. The van der Waals surface area contributed by atoms with Crippen molar-refractivity contribution in [2.75, 3.05) is 31.9 Å². The molecule has 12 nitrogen and oxygen atoms in total. The molecule has 1 fully saturated rings. The molecule has 4 rings (SSSR count). The molecule has 232 valence electrons. The summed E-state index contributed by atoms with van der Waals surface area (Å²) in [7, 11) is -3.85. The van der Waals surface area contributed by atoms with E-state index in [2.05, 4.69) is 26.0 Å². The number of carboxylic acid groups (broad SMARTS) is 1. The lowest BCUT2D eigenvalue weighted by molar-refractivity contribution is -0.138. The number of amides is 1. The van der Waals surface area contributed by atoms with Gasteiger partial charge in [-0.2, -0.15) is 4.72 Å². The van der Waals surface area contributed by atoms with Crippen molar-refractivity contribution in [1.29, 1.82) is 0 Å². The highest BCUT2D eigenvalue weighted by Crippen LogP contribution is 2.17. The molecule has 43 heavy (non-hydrogen) atoms. The fraction of sp³-hybridized carbons (Fsp3) is 0.433. The highest BCUT2D eigenvalue weighted by atomic mass is 32.2. The normalized spacial score (nSPS) is 14.6.